The van der Waals surface area contributed by atoms with Gasteiger partial charge in [-0.15, -0.1) is 0 Å². The van der Waals surface area contributed by atoms with Crippen molar-refractivity contribution in [2.45, 2.75) is 20.3 Å². The van der Waals surface area contributed by atoms with E-state index in [1.165, 1.54) is 24.5 Å². The molecule has 0 aliphatic carbocycles. The van der Waals surface area contributed by atoms with Crippen molar-refractivity contribution >= 4 is 5.82 Å². The van der Waals surface area contributed by atoms with E-state index in [1.54, 1.807) is 6.07 Å². The Hall–Kier alpha value is -2.68. The number of nitriles is 1. The highest BCUT2D eigenvalue weighted by atomic mass is 19.1. The molecule has 0 saturated heterocycles. The summed E-state index contributed by atoms with van der Waals surface area (Å²) in [5, 5.41) is 12.2. The summed E-state index contributed by atoms with van der Waals surface area (Å²) < 4.78 is 19.2. The van der Waals surface area contributed by atoms with E-state index in [4.69, 9.17) is 10.00 Å². The molecular weight excluding hydrogens is 271 g/mol. The fourth-order valence-corrected chi connectivity index (χ4v) is 1.92. The van der Waals surface area contributed by atoms with E-state index in [1.807, 2.05) is 13.8 Å². The first-order valence-electron chi connectivity index (χ1n) is 6.65. The molecule has 0 spiro atoms. The van der Waals surface area contributed by atoms with E-state index in [-0.39, 0.29) is 11.3 Å². The summed E-state index contributed by atoms with van der Waals surface area (Å²) in [5.41, 5.74) is 0.649. The topological polar surface area (TPSA) is 70.8 Å². The molecule has 21 heavy (non-hydrogen) atoms. The molecule has 1 aromatic carbocycles. The Bertz CT molecular complexity index is 682. The normalized spacial score (nSPS) is 10.0. The van der Waals surface area contributed by atoms with Gasteiger partial charge in [-0.25, -0.2) is 14.4 Å². The third-order valence-corrected chi connectivity index (χ3v) is 2.90. The van der Waals surface area contributed by atoms with Crippen LogP contribution < -0.4 is 10.1 Å². The second-order valence-electron chi connectivity index (χ2n) is 4.22. The molecule has 0 atom stereocenters. The van der Waals surface area contributed by atoms with Gasteiger partial charge in [0, 0.05) is 6.54 Å². The van der Waals surface area contributed by atoms with Crippen molar-refractivity contribution in [2.24, 2.45) is 0 Å². The summed E-state index contributed by atoms with van der Waals surface area (Å²) in [6.45, 7) is 4.62. The van der Waals surface area contributed by atoms with E-state index >= 15 is 0 Å². The van der Waals surface area contributed by atoms with Crippen molar-refractivity contribution in [2.75, 3.05) is 11.9 Å². The van der Waals surface area contributed by atoms with E-state index in [0.717, 1.165) is 5.56 Å². The van der Waals surface area contributed by atoms with Crippen LogP contribution in [0.4, 0.5) is 10.2 Å². The molecular formula is C15H15FN4O. The summed E-state index contributed by atoms with van der Waals surface area (Å²) in [5.74, 6) is 0.535. The second kappa shape index (κ2) is 6.66. The molecule has 1 aromatic heterocycles. The number of aromatic nitrogens is 2. The van der Waals surface area contributed by atoms with Gasteiger partial charge in [-0.2, -0.15) is 5.26 Å². The molecule has 1 N–H and O–H groups in total. The van der Waals surface area contributed by atoms with E-state index in [9.17, 15) is 4.39 Å². The lowest BCUT2D eigenvalue weighted by atomic mass is 10.2. The van der Waals surface area contributed by atoms with Crippen LogP contribution in [-0.4, -0.2) is 16.5 Å². The largest absolute Gasteiger partial charge is 0.437 e. The molecule has 2 rings (SSSR count). The zero-order chi connectivity index (χ0) is 15.2. The molecule has 0 amide bonds. The van der Waals surface area contributed by atoms with E-state index in [0.29, 0.717) is 24.7 Å². The SMILES string of the molecule is CCNc1ncnc(Oc2cccc(F)c2C#N)c1CC. The highest BCUT2D eigenvalue weighted by molar-refractivity contribution is 5.51. The summed E-state index contributed by atoms with van der Waals surface area (Å²) in [6.07, 6.45) is 2.02. The maximum absolute atomic E-state index is 13.6. The van der Waals surface area contributed by atoms with Gasteiger partial charge in [0.05, 0.1) is 5.56 Å². The summed E-state index contributed by atoms with van der Waals surface area (Å²) in [4.78, 5) is 8.25. The second-order valence-corrected chi connectivity index (χ2v) is 4.22. The molecule has 0 saturated carbocycles. The van der Waals surface area contributed by atoms with Gasteiger partial charge in [-0.05, 0) is 25.5 Å². The molecule has 6 heteroatoms. The fraction of sp³-hybridized carbons (Fsp3) is 0.267. The number of hydrogen-bond donors (Lipinski definition) is 1. The van der Waals surface area contributed by atoms with Gasteiger partial charge in [0.1, 0.15) is 35.3 Å². The fourth-order valence-electron chi connectivity index (χ4n) is 1.92. The molecule has 108 valence electrons. The van der Waals surface area contributed by atoms with E-state index < -0.39 is 5.82 Å². The first-order chi connectivity index (χ1) is 10.2. The van der Waals surface area contributed by atoms with Gasteiger partial charge in [0.15, 0.2) is 0 Å². The highest BCUT2D eigenvalue weighted by Gasteiger charge is 2.15. The number of nitrogens with zero attached hydrogens (tertiary/aromatic N) is 3. The van der Waals surface area contributed by atoms with Crippen LogP contribution in [0.1, 0.15) is 25.0 Å². The summed E-state index contributed by atoms with van der Waals surface area (Å²) in [7, 11) is 0. The van der Waals surface area contributed by atoms with Crippen LogP contribution in [0.25, 0.3) is 0 Å². The number of nitrogens with one attached hydrogen (secondary N) is 1. The van der Waals surface area contributed by atoms with Crippen molar-refractivity contribution in [1.82, 2.24) is 9.97 Å². The lowest BCUT2D eigenvalue weighted by Gasteiger charge is -2.13. The third kappa shape index (κ3) is 3.08. The maximum atomic E-state index is 13.6. The van der Waals surface area contributed by atoms with Crippen molar-refractivity contribution in [3.63, 3.8) is 0 Å². The van der Waals surface area contributed by atoms with Crippen LogP contribution in [0.2, 0.25) is 0 Å². The number of ether oxygens (including phenoxy) is 1. The lowest BCUT2D eigenvalue weighted by molar-refractivity contribution is 0.449. The molecule has 0 unspecified atom stereocenters. The van der Waals surface area contributed by atoms with Crippen LogP contribution in [0, 0.1) is 17.1 Å². The number of rotatable bonds is 5. The molecule has 0 radical (unpaired) electrons. The van der Waals surface area contributed by atoms with Crippen LogP contribution >= 0.6 is 0 Å². The van der Waals surface area contributed by atoms with Crippen LogP contribution in [-0.2, 0) is 6.42 Å². The third-order valence-electron chi connectivity index (χ3n) is 2.90. The monoisotopic (exact) mass is 286 g/mol. The Morgan fingerprint density at radius 3 is 2.81 bits per heavy atom. The number of halogens is 1. The Kier molecular flexibility index (Phi) is 4.67. The minimum Gasteiger partial charge on any atom is -0.437 e. The Balaban J connectivity index is 2.43. The molecule has 0 aliphatic rings. The van der Waals surface area contributed by atoms with Gasteiger partial charge in [-0.3, -0.25) is 0 Å². The zero-order valence-corrected chi connectivity index (χ0v) is 11.9. The van der Waals surface area contributed by atoms with Crippen molar-refractivity contribution < 1.29 is 9.13 Å². The molecule has 5 nitrogen and oxygen atoms in total. The van der Waals surface area contributed by atoms with Crippen LogP contribution in [0.5, 0.6) is 11.6 Å². The number of hydrogen-bond acceptors (Lipinski definition) is 5. The number of benzene rings is 1. The minimum atomic E-state index is -0.617. The minimum absolute atomic E-state index is 0.136. The average Bonchev–Trinajstić information content (AvgIpc) is 2.48. The van der Waals surface area contributed by atoms with Gasteiger partial charge in [-0.1, -0.05) is 13.0 Å². The standard InChI is InChI=1S/C15H15FN4O/c1-3-10-14(18-4-2)19-9-20-15(10)21-13-7-5-6-12(16)11(13)8-17/h5-7,9H,3-4H2,1-2H3,(H,18,19,20). The first kappa shape index (κ1) is 14.7. The Morgan fingerprint density at radius 1 is 1.33 bits per heavy atom. The molecule has 2 aromatic rings. The average molecular weight is 286 g/mol. The van der Waals surface area contributed by atoms with Crippen LogP contribution in [0.15, 0.2) is 24.5 Å². The molecule has 0 aliphatic heterocycles. The molecule has 1 heterocycles. The number of anilines is 1. The van der Waals surface area contributed by atoms with Crippen molar-refractivity contribution in [3.05, 3.63) is 41.5 Å². The smallest absolute Gasteiger partial charge is 0.227 e. The summed E-state index contributed by atoms with van der Waals surface area (Å²) >= 11 is 0. The summed E-state index contributed by atoms with van der Waals surface area (Å²) in [6, 6.07) is 6.05. The maximum Gasteiger partial charge on any atom is 0.227 e. The first-order valence-corrected chi connectivity index (χ1v) is 6.65. The Morgan fingerprint density at radius 2 is 2.14 bits per heavy atom. The van der Waals surface area contributed by atoms with Crippen LogP contribution in [0.3, 0.4) is 0 Å². The van der Waals surface area contributed by atoms with Gasteiger partial charge >= 0.3 is 0 Å². The van der Waals surface area contributed by atoms with Gasteiger partial charge in [0.25, 0.3) is 0 Å². The molecule has 0 fully saturated rings. The van der Waals surface area contributed by atoms with E-state index in [2.05, 4.69) is 15.3 Å². The predicted octanol–water partition coefficient (Wildman–Crippen LogP) is 3.27. The van der Waals surface area contributed by atoms with Gasteiger partial charge in [0.2, 0.25) is 5.88 Å². The highest BCUT2D eigenvalue weighted by Crippen LogP contribution is 2.30. The zero-order valence-electron chi connectivity index (χ0n) is 11.9. The Labute approximate surface area is 122 Å². The quantitative estimate of drug-likeness (QED) is 0.913. The van der Waals surface area contributed by atoms with Crippen molar-refractivity contribution in [3.8, 4) is 17.7 Å². The van der Waals surface area contributed by atoms with Crippen molar-refractivity contribution in [1.29, 1.82) is 5.26 Å². The van der Waals surface area contributed by atoms with Gasteiger partial charge < -0.3 is 10.1 Å². The lowest BCUT2D eigenvalue weighted by Crippen LogP contribution is -2.06. The predicted molar refractivity (Wildman–Crippen MR) is 76.8 cm³/mol. The molecule has 0 bridgehead atoms.